The van der Waals surface area contributed by atoms with Crippen molar-refractivity contribution in [3.8, 4) is 0 Å². The molecule has 5 heteroatoms. The Balaban J connectivity index is 1.69. The van der Waals surface area contributed by atoms with E-state index in [0.29, 0.717) is 18.1 Å². The minimum absolute atomic E-state index is 0.356. The molecule has 1 aliphatic rings. The number of rotatable bonds is 7. The van der Waals surface area contributed by atoms with Crippen LogP contribution in [0.3, 0.4) is 0 Å². The first-order valence-corrected chi connectivity index (χ1v) is 7.66. The third-order valence-electron chi connectivity index (χ3n) is 3.58. The first-order chi connectivity index (χ1) is 10.2. The van der Waals surface area contributed by atoms with E-state index in [-0.39, 0.29) is 0 Å². The zero-order valence-corrected chi connectivity index (χ0v) is 12.7. The highest BCUT2D eigenvalue weighted by Crippen LogP contribution is 2.28. The molecule has 0 spiro atoms. The van der Waals surface area contributed by atoms with E-state index in [1.807, 2.05) is 30.3 Å². The van der Waals surface area contributed by atoms with Crippen molar-refractivity contribution >= 4 is 33.9 Å². The van der Waals surface area contributed by atoms with Crippen molar-refractivity contribution in [1.29, 1.82) is 0 Å². The molecule has 0 atom stereocenters. The molecule has 0 radical (unpaired) electrons. The van der Waals surface area contributed by atoms with Gasteiger partial charge in [0, 0.05) is 18.5 Å². The summed E-state index contributed by atoms with van der Waals surface area (Å²) in [5.41, 5.74) is 7.52. The molecule has 4 nitrogen and oxygen atoms in total. The molecule has 0 unspecified atom stereocenters. The second-order valence-corrected chi connectivity index (χ2v) is 5.83. The summed E-state index contributed by atoms with van der Waals surface area (Å²) in [6.07, 6.45) is 2.62. The number of benzene rings is 1. The van der Waals surface area contributed by atoms with Gasteiger partial charge in [0.25, 0.3) is 0 Å². The monoisotopic (exact) mass is 301 g/mol. The lowest BCUT2D eigenvalue weighted by Crippen LogP contribution is -2.17. The van der Waals surface area contributed by atoms with Gasteiger partial charge in [-0.1, -0.05) is 30.4 Å². The number of aromatic nitrogens is 1. The summed E-state index contributed by atoms with van der Waals surface area (Å²) < 4.78 is 5.61. The van der Waals surface area contributed by atoms with Crippen LogP contribution in [0.15, 0.2) is 30.3 Å². The van der Waals surface area contributed by atoms with Crippen LogP contribution in [0.1, 0.15) is 18.4 Å². The van der Waals surface area contributed by atoms with Crippen LogP contribution >= 0.6 is 12.2 Å². The second kappa shape index (κ2) is 6.37. The van der Waals surface area contributed by atoms with Gasteiger partial charge in [-0.3, -0.25) is 0 Å². The number of nitrogens with one attached hydrogen (secondary N) is 1. The van der Waals surface area contributed by atoms with Crippen molar-refractivity contribution in [3.05, 3.63) is 35.9 Å². The SMILES string of the molecule is NC(=S)c1cc2ccccc2nc1NCCOCC1CC1. The Labute approximate surface area is 129 Å². The lowest BCUT2D eigenvalue weighted by atomic mass is 10.1. The molecule has 0 saturated heterocycles. The highest BCUT2D eigenvalue weighted by molar-refractivity contribution is 7.80. The van der Waals surface area contributed by atoms with Gasteiger partial charge in [-0.15, -0.1) is 0 Å². The predicted octanol–water partition coefficient (Wildman–Crippen LogP) is 2.71. The van der Waals surface area contributed by atoms with Crippen molar-refractivity contribution < 1.29 is 4.74 Å². The number of anilines is 1. The molecule has 3 rings (SSSR count). The van der Waals surface area contributed by atoms with Crippen molar-refractivity contribution in [3.63, 3.8) is 0 Å². The summed E-state index contributed by atoms with van der Waals surface area (Å²) in [7, 11) is 0. The van der Waals surface area contributed by atoms with Crippen LogP contribution in [0.2, 0.25) is 0 Å². The molecule has 1 fully saturated rings. The molecule has 1 aromatic carbocycles. The fourth-order valence-corrected chi connectivity index (χ4v) is 2.37. The van der Waals surface area contributed by atoms with Crippen LogP contribution in [0.4, 0.5) is 5.82 Å². The number of hydrogen-bond donors (Lipinski definition) is 2. The summed E-state index contributed by atoms with van der Waals surface area (Å²) in [5, 5.41) is 4.32. The highest BCUT2D eigenvalue weighted by atomic mass is 32.1. The van der Waals surface area contributed by atoms with E-state index in [0.717, 1.165) is 34.8 Å². The lowest BCUT2D eigenvalue weighted by Gasteiger charge is -2.12. The molecule has 21 heavy (non-hydrogen) atoms. The Kier molecular flexibility index (Phi) is 4.31. The average molecular weight is 301 g/mol. The number of para-hydroxylation sites is 1. The maximum Gasteiger partial charge on any atom is 0.137 e. The first kappa shape index (κ1) is 14.2. The molecular weight excluding hydrogens is 282 g/mol. The summed E-state index contributed by atoms with van der Waals surface area (Å²) in [4.78, 5) is 4.96. The van der Waals surface area contributed by atoms with Gasteiger partial charge in [-0.25, -0.2) is 4.98 Å². The molecule has 110 valence electrons. The second-order valence-electron chi connectivity index (χ2n) is 5.39. The molecular formula is C16H19N3OS. The van der Waals surface area contributed by atoms with Crippen LogP contribution in [-0.2, 0) is 4.74 Å². The van der Waals surface area contributed by atoms with Crippen molar-refractivity contribution in [2.24, 2.45) is 11.7 Å². The molecule has 0 aliphatic heterocycles. The van der Waals surface area contributed by atoms with Crippen molar-refractivity contribution in [2.75, 3.05) is 25.1 Å². The van der Waals surface area contributed by atoms with Gasteiger partial charge in [0.2, 0.25) is 0 Å². The van der Waals surface area contributed by atoms with E-state index in [1.54, 1.807) is 0 Å². The number of pyridine rings is 1. The highest BCUT2D eigenvalue weighted by Gasteiger charge is 2.20. The van der Waals surface area contributed by atoms with Crippen molar-refractivity contribution in [2.45, 2.75) is 12.8 Å². The number of ether oxygens (including phenoxy) is 1. The van der Waals surface area contributed by atoms with Crippen LogP contribution in [0.5, 0.6) is 0 Å². The van der Waals surface area contributed by atoms with E-state index in [1.165, 1.54) is 12.8 Å². The van der Waals surface area contributed by atoms with Crippen LogP contribution in [0, 0.1) is 5.92 Å². The lowest BCUT2D eigenvalue weighted by molar-refractivity contribution is 0.134. The molecule has 1 aromatic heterocycles. The summed E-state index contributed by atoms with van der Waals surface area (Å²) in [6, 6.07) is 9.92. The fraction of sp³-hybridized carbons (Fsp3) is 0.375. The Morgan fingerprint density at radius 2 is 2.19 bits per heavy atom. The topological polar surface area (TPSA) is 60.2 Å². The van der Waals surface area contributed by atoms with E-state index in [2.05, 4.69) is 10.3 Å². The smallest absolute Gasteiger partial charge is 0.137 e. The third kappa shape index (κ3) is 3.68. The summed E-state index contributed by atoms with van der Waals surface area (Å²) in [6.45, 7) is 2.24. The molecule has 1 saturated carbocycles. The maximum atomic E-state index is 5.80. The number of fused-ring (bicyclic) bond motifs is 1. The largest absolute Gasteiger partial charge is 0.389 e. The van der Waals surface area contributed by atoms with Gasteiger partial charge in [-0.05, 0) is 30.9 Å². The molecule has 3 N–H and O–H groups in total. The molecule has 1 heterocycles. The predicted molar refractivity (Wildman–Crippen MR) is 89.7 cm³/mol. The van der Waals surface area contributed by atoms with Crippen LogP contribution < -0.4 is 11.1 Å². The molecule has 1 aliphatic carbocycles. The molecule has 2 aromatic rings. The fourth-order valence-electron chi connectivity index (χ4n) is 2.21. The number of nitrogens with zero attached hydrogens (tertiary/aromatic N) is 1. The standard InChI is InChI=1S/C16H19N3OS/c17-15(21)13-9-12-3-1-2-4-14(12)19-16(13)18-7-8-20-10-11-5-6-11/h1-4,9,11H,5-8,10H2,(H2,17,21)(H,18,19). The Morgan fingerprint density at radius 3 is 2.95 bits per heavy atom. The van der Waals surface area contributed by atoms with Gasteiger partial charge in [0.1, 0.15) is 10.8 Å². The van der Waals surface area contributed by atoms with Gasteiger partial charge < -0.3 is 15.8 Å². The van der Waals surface area contributed by atoms with Crippen molar-refractivity contribution in [1.82, 2.24) is 4.98 Å². The Bertz CT molecular complexity index is 655. The van der Waals surface area contributed by atoms with E-state index in [4.69, 9.17) is 22.7 Å². The normalized spacial score (nSPS) is 14.3. The maximum absolute atomic E-state index is 5.80. The quantitative estimate of drug-likeness (QED) is 0.608. The van der Waals surface area contributed by atoms with Gasteiger partial charge in [-0.2, -0.15) is 0 Å². The Hall–Kier alpha value is -1.72. The van der Waals surface area contributed by atoms with E-state index < -0.39 is 0 Å². The molecule has 0 amide bonds. The molecule has 0 bridgehead atoms. The number of hydrogen-bond acceptors (Lipinski definition) is 4. The zero-order chi connectivity index (χ0) is 14.7. The average Bonchev–Trinajstić information content (AvgIpc) is 3.30. The zero-order valence-electron chi connectivity index (χ0n) is 11.8. The minimum atomic E-state index is 0.356. The van der Waals surface area contributed by atoms with Gasteiger partial charge in [0.05, 0.1) is 17.7 Å². The van der Waals surface area contributed by atoms with Crippen LogP contribution in [0.25, 0.3) is 10.9 Å². The van der Waals surface area contributed by atoms with E-state index >= 15 is 0 Å². The Morgan fingerprint density at radius 1 is 1.38 bits per heavy atom. The first-order valence-electron chi connectivity index (χ1n) is 7.25. The number of nitrogens with two attached hydrogens (primary N) is 1. The minimum Gasteiger partial charge on any atom is -0.389 e. The summed E-state index contributed by atoms with van der Waals surface area (Å²) >= 11 is 5.12. The number of thiocarbonyl (C=S) groups is 1. The third-order valence-corrected chi connectivity index (χ3v) is 3.80. The van der Waals surface area contributed by atoms with E-state index in [9.17, 15) is 0 Å². The summed E-state index contributed by atoms with van der Waals surface area (Å²) in [5.74, 6) is 1.52. The van der Waals surface area contributed by atoms with Gasteiger partial charge >= 0.3 is 0 Å². The van der Waals surface area contributed by atoms with Gasteiger partial charge in [0.15, 0.2) is 0 Å². The van der Waals surface area contributed by atoms with Crippen LogP contribution in [-0.4, -0.2) is 29.7 Å².